The first kappa shape index (κ1) is 23.6. The summed E-state index contributed by atoms with van der Waals surface area (Å²) in [5.74, 6) is 0.179. The summed E-state index contributed by atoms with van der Waals surface area (Å²) in [6, 6.07) is 6.90. The lowest BCUT2D eigenvalue weighted by molar-refractivity contribution is -0.139. The molecule has 1 fully saturated rings. The molecule has 1 N–H and O–H groups in total. The van der Waals surface area contributed by atoms with Gasteiger partial charge in [-0.05, 0) is 62.6 Å². The molecule has 0 aliphatic heterocycles. The zero-order valence-corrected chi connectivity index (χ0v) is 19.3. The molecule has 2 amide bonds. The summed E-state index contributed by atoms with van der Waals surface area (Å²) < 4.78 is 5.39. The number of nitrogens with zero attached hydrogens (tertiary/aromatic N) is 1. The Morgan fingerprint density at radius 2 is 2.00 bits per heavy atom. The van der Waals surface area contributed by atoms with Gasteiger partial charge in [0.1, 0.15) is 17.7 Å². The monoisotopic (exact) mass is 446 g/mol. The van der Waals surface area contributed by atoms with Crippen molar-refractivity contribution in [2.24, 2.45) is 0 Å². The molecule has 2 aliphatic rings. The fraction of sp³-hybridized carbons (Fsp3) is 0.600. The van der Waals surface area contributed by atoms with Gasteiger partial charge in [-0.2, -0.15) is 0 Å². The Balaban J connectivity index is 1.86. The van der Waals surface area contributed by atoms with Gasteiger partial charge in [0.15, 0.2) is 0 Å². The minimum Gasteiger partial charge on any atom is -0.497 e. The van der Waals surface area contributed by atoms with Crippen LogP contribution in [0, 0.1) is 0 Å². The average Bonchev–Trinajstić information content (AvgIpc) is 2.82. The number of benzene rings is 1. The average molecular weight is 447 g/mol. The molecule has 6 heteroatoms. The highest BCUT2D eigenvalue weighted by atomic mass is 35.5. The van der Waals surface area contributed by atoms with Gasteiger partial charge in [0, 0.05) is 12.6 Å². The van der Waals surface area contributed by atoms with Gasteiger partial charge < -0.3 is 15.0 Å². The third kappa shape index (κ3) is 6.73. The van der Waals surface area contributed by atoms with E-state index in [4.69, 9.17) is 16.3 Å². The fourth-order valence-corrected chi connectivity index (χ4v) is 4.84. The van der Waals surface area contributed by atoms with Gasteiger partial charge in [0.05, 0.1) is 7.11 Å². The molecule has 1 saturated carbocycles. The molecule has 0 heterocycles. The van der Waals surface area contributed by atoms with Crippen LogP contribution in [0.5, 0.6) is 5.75 Å². The van der Waals surface area contributed by atoms with Crippen LogP contribution in [-0.4, -0.2) is 42.3 Å². The molecule has 1 atom stereocenters. The quantitative estimate of drug-likeness (QED) is 0.422. The van der Waals surface area contributed by atoms with Crippen LogP contribution in [0.1, 0.15) is 75.8 Å². The largest absolute Gasteiger partial charge is 0.497 e. The first-order valence-electron chi connectivity index (χ1n) is 11.6. The Hall–Kier alpha value is -2.01. The van der Waals surface area contributed by atoms with Crippen LogP contribution >= 0.6 is 11.6 Å². The van der Waals surface area contributed by atoms with Gasteiger partial charge in [-0.3, -0.25) is 9.59 Å². The van der Waals surface area contributed by atoms with E-state index in [9.17, 15) is 9.59 Å². The van der Waals surface area contributed by atoms with Gasteiger partial charge in [-0.15, -0.1) is 11.6 Å². The number of hydrogen-bond acceptors (Lipinski definition) is 3. The Kier molecular flexibility index (Phi) is 9.26. The van der Waals surface area contributed by atoms with E-state index in [2.05, 4.69) is 11.4 Å². The standard InChI is InChI=1S/C25H35ClN2O3/c1-31-22-14-8-11-20(17-22)24(25(30)27-21-12-6-3-7-13-21)28(23(29)18-26)16-15-19-9-4-2-5-10-19/h8-9,11,14,17,21,24H,2-7,10,12-13,15-16,18H2,1H3,(H,27,30)/t24-/m0/s1. The van der Waals surface area contributed by atoms with E-state index in [-0.39, 0.29) is 23.7 Å². The van der Waals surface area contributed by atoms with Gasteiger partial charge in [0.25, 0.3) is 0 Å². The summed E-state index contributed by atoms with van der Waals surface area (Å²) in [5, 5.41) is 3.22. The molecule has 0 bridgehead atoms. The van der Waals surface area contributed by atoms with Crippen molar-refractivity contribution in [2.75, 3.05) is 19.5 Å². The van der Waals surface area contributed by atoms with Crippen LogP contribution in [0.25, 0.3) is 0 Å². The first-order valence-corrected chi connectivity index (χ1v) is 12.1. The zero-order valence-electron chi connectivity index (χ0n) is 18.6. The maximum atomic E-state index is 13.5. The molecule has 0 unspecified atom stereocenters. The molecule has 31 heavy (non-hydrogen) atoms. The number of hydrogen-bond donors (Lipinski definition) is 1. The lowest BCUT2D eigenvalue weighted by Crippen LogP contribution is -2.47. The molecular weight excluding hydrogens is 412 g/mol. The van der Waals surface area contributed by atoms with Crippen LogP contribution in [0.2, 0.25) is 0 Å². The van der Waals surface area contributed by atoms with Crippen molar-refractivity contribution >= 4 is 23.4 Å². The van der Waals surface area contributed by atoms with Crippen LogP contribution in [0.15, 0.2) is 35.9 Å². The number of ether oxygens (including phenoxy) is 1. The number of methoxy groups -OCH3 is 1. The van der Waals surface area contributed by atoms with Crippen molar-refractivity contribution in [2.45, 2.75) is 76.3 Å². The van der Waals surface area contributed by atoms with Gasteiger partial charge in [-0.25, -0.2) is 0 Å². The van der Waals surface area contributed by atoms with Crippen LogP contribution < -0.4 is 10.1 Å². The highest BCUT2D eigenvalue weighted by molar-refractivity contribution is 6.27. The SMILES string of the molecule is COc1cccc([C@@H](C(=O)NC2CCCCC2)N(CCC2=CCCCC2)C(=O)CCl)c1. The highest BCUT2D eigenvalue weighted by Gasteiger charge is 2.32. The molecule has 3 rings (SSSR count). The van der Waals surface area contributed by atoms with Gasteiger partial charge >= 0.3 is 0 Å². The van der Waals surface area contributed by atoms with Crippen LogP contribution in [0.3, 0.4) is 0 Å². The number of halogens is 1. The molecule has 0 saturated heterocycles. The van der Waals surface area contributed by atoms with Crippen molar-refractivity contribution in [3.05, 3.63) is 41.5 Å². The molecule has 0 aromatic heterocycles. The van der Waals surface area contributed by atoms with Crippen molar-refractivity contribution < 1.29 is 14.3 Å². The summed E-state index contributed by atoms with van der Waals surface area (Å²) in [6.07, 6.45) is 13.1. The molecule has 1 aromatic rings. The lowest BCUT2D eigenvalue weighted by Gasteiger charge is -2.33. The molecule has 1 aromatic carbocycles. The Morgan fingerprint density at radius 1 is 1.19 bits per heavy atom. The smallest absolute Gasteiger partial charge is 0.247 e. The Labute approximate surface area is 191 Å². The first-order chi connectivity index (χ1) is 15.1. The third-order valence-corrected chi connectivity index (χ3v) is 6.64. The number of nitrogens with one attached hydrogen (secondary N) is 1. The van der Waals surface area contributed by atoms with Crippen molar-refractivity contribution in [1.29, 1.82) is 0 Å². The molecule has 5 nitrogen and oxygen atoms in total. The third-order valence-electron chi connectivity index (χ3n) is 6.41. The fourth-order valence-electron chi connectivity index (χ4n) is 4.68. The summed E-state index contributed by atoms with van der Waals surface area (Å²) in [6.45, 7) is 0.483. The summed E-state index contributed by atoms with van der Waals surface area (Å²) in [5.41, 5.74) is 2.12. The predicted octanol–water partition coefficient (Wildman–Crippen LogP) is 5.14. The van der Waals surface area contributed by atoms with Gasteiger partial charge in [0.2, 0.25) is 11.8 Å². The Morgan fingerprint density at radius 3 is 2.68 bits per heavy atom. The number of alkyl halides is 1. The normalized spacial score (nSPS) is 18.1. The summed E-state index contributed by atoms with van der Waals surface area (Å²) in [7, 11) is 1.60. The summed E-state index contributed by atoms with van der Waals surface area (Å²) in [4.78, 5) is 28.1. The van der Waals surface area contributed by atoms with E-state index in [1.807, 2.05) is 24.3 Å². The minimum atomic E-state index is -0.715. The number of carbonyl (C=O) groups is 2. The van der Waals surface area contributed by atoms with E-state index in [1.54, 1.807) is 12.0 Å². The number of allylic oxidation sites excluding steroid dienone is 1. The second kappa shape index (κ2) is 12.1. The Bertz CT molecular complexity index is 774. The highest BCUT2D eigenvalue weighted by Crippen LogP contribution is 2.28. The van der Waals surface area contributed by atoms with E-state index in [1.165, 1.54) is 24.8 Å². The second-order valence-electron chi connectivity index (χ2n) is 8.60. The molecule has 170 valence electrons. The van der Waals surface area contributed by atoms with Gasteiger partial charge in [-0.1, -0.05) is 43.0 Å². The molecular formula is C25H35ClN2O3. The predicted molar refractivity (Wildman–Crippen MR) is 124 cm³/mol. The lowest BCUT2D eigenvalue weighted by atomic mass is 9.94. The van der Waals surface area contributed by atoms with Crippen molar-refractivity contribution in [3.8, 4) is 5.75 Å². The molecule has 0 spiro atoms. The maximum Gasteiger partial charge on any atom is 0.247 e. The number of carbonyl (C=O) groups excluding carboxylic acids is 2. The number of rotatable bonds is 9. The van der Waals surface area contributed by atoms with Crippen molar-refractivity contribution in [1.82, 2.24) is 10.2 Å². The van der Waals surface area contributed by atoms with Crippen molar-refractivity contribution in [3.63, 3.8) is 0 Å². The minimum absolute atomic E-state index is 0.128. The summed E-state index contributed by atoms with van der Waals surface area (Å²) >= 11 is 5.99. The number of amides is 2. The maximum absolute atomic E-state index is 13.5. The molecule has 2 aliphatic carbocycles. The second-order valence-corrected chi connectivity index (χ2v) is 8.87. The topological polar surface area (TPSA) is 58.6 Å². The zero-order chi connectivity index (χ0) is 22.1. The van der Waals surface area contributed by atoms with E-state index >= 15 is 0 Å². The van der Waals surface area contributed by atoms with E-state index in [0.29, 0.717) is 12.3 Å². The van der Waals surface area contributed by atoms with Crippen LogP contribution in [-0.2, 0) is 9.59 Å². The van der Waals surface area contributed by atoms with Crippen LogP contribution in [0.4, 0.5) is 0 Å². The van der Waals surface area contributed by atoms with E-state index in [0.717, 1.165) is 50.5 Å². The van der Waals surface area contributed by atoms with E-state index < -0.39 is 6.04 Å². The molecule has 0 radical (unpaired) electrons.